The lowest BCUT2D eigenvalue weighted by Gasteiger charge is -2.33. The van der Waals surface area contributed by atoms with Crippen LogP contribution in [0.15, 0.2) is 11.8 Å². The molecule has 0 bridgehead atoms. The van der Waals surface area contributed by atoms with Gasteiger partial charge in [-0.05, 0) is 6.42 Å². The van der Waals surface area contributed by atoms with Crippen LogP contribution in [0.4, 0.5) is 0 Å². The van der Waals surface area contributed by atoms with Crippen molar-refractivity contribution >= 4 is 5.78 Å². The van der Waals surface area contributed by atoms with Gasteiger partial charge < -0.3 is 14.2 Å². The fourth-order valence-corrected chi connectivity index (χ4v) is 2.06. The molecule has 4 nitrogen and oxygen atoms in total. The van der Waals surface area contributed by atoms with Gasteiger partial charge in [0.1, 0.15) is 5.76 Å². The van der Waals surface area contributed by atoms with Crippen LogP contribution in [-0.4, -0.2) is 32.4 Å². The molecule has 1 saturated heterocycles. The maximum Gasteiger partial charge on any atom is 0.233 e. The molecule has 0 amide bonds. The summed E-state index contributed by atoms with van der Waals surface area (Å²) < 4.78 is 15.7. The number of hydrogen-bond acceptors (Lipinski definition) is 4. The van der Waals surface area contributed by atoms with E-state index in [0.29, 0.717) is 13.0 Å². The number of rotatable bonds is 2. The quantitative estimate of drug-likeness (QED) is 0.617. The van der Waals surface area contributed by atoms with E-state index in [1.165, 1.54) is 20.3 Å². The van der Waals surface area contributed by atoms with E-state index in [1.807, 2.05) is 0 Å². The second-order valence-corrected chi connectivity index (χ2v) is 3.61. The predicted octanol–water partition coefficient (Wildman–Crippen LogP) is 0.869. The second-order valence-electron chi connectivity index (χ2n) is 3.61. The zero-order chi connectivity index (χ0) is 10.2. The number of methoxy groups -OCH3 is 2. The van der Waals surface area contributed by atoms with Gasteiger partial charge in [0.05, 0.1) is 6.61 Å². The standard InChI is InChI=1S/C10H14O4/c1-12-10(13-2)6-7-3-4-14-8(7)5-9(10)11/h5,7H,3-4,6H2,1-2H3. The smallest absolute Gasteiger partial charge is 0.233 e. The van der Waals surface area contributed by atoms with Crippen molar-refractivity contribution in [1.82, 2.24) is 0 Å². The van der Waals surface area contributed by atoms with Crippen LogP contribution in [0, 0.1) is 5.92 Å². The topological polar surface area (TPSA) is 44.8 Å². The molecular weight excluding hydrogens is 184 g/mol. The highest BCUT2D eigenvalue weighted by Crippen LogP contribution is 2.38. The predicted molar refractivity (Wildman–Crippen MR) is 48.5 cm³/mol. The molecular formula is C10H14O4. The summed E-state index contributed by atoms with van der Waals surface area (Å²) in [5, 5.41) is 0. The van der Waals surface area contributed by atoms with Gasteiger partial charge in [0.2, 0.25) is 11.6 Å². The Morgan fingerprint density at radius 1 is 1.50 bits per heavy atom. The summed E-state index contributed by atoms with van der Waals surface area (Å²) in [6, 6.07) is 0. The maximum atomic E-state index is 11.7. The van der Waals surface area contributed by atoms with Crippen molar-refractivity contribution < 1.29 is 19.0 Å². The van der Waals surface area contributed by atoms with Crippen LogP contribution in [0.2, 0.25) is 0 Å². The van der Waals surface area contributed by atoms with Crippen molar-refractivity contribution in [3.8, 4) is 0 Å². The van der Waals surface area contributed by atoms with Gasteiger partial charge in [0.15, 0.2) is 0 Å². The largest absolute Gasteiger partial charge is 0.497 e. The minimum absolute atomic E-state index is 0.157. The van der Waals surface area contributed by atoms with Gasteiger partial charge in [-0.2, -0.15) is 0 Å². The Hall–Kier alpha value is -0.870. The van der Waals surface area contributed by atoms with Crippen LogP contribution in [-0.2, 0) is 19.0 Å². The molecule has 0 aromatic rings. The average Bonchev–Trinajstić information content (AvgIpc) is 2.63. The number of ketones is 1. The van der Waals surface area contributed by atoms with Crippen molar-refractivity contribution in [2.75, 3.05) is 20.8 Å². The zero-order valence-electron chi connectivity index (χ0n) is 8.41. The van der Waals surface area contributed by atoms with Gasteiger partial charge in [-0.3, -0.25) is 4.79 Å². The normalized spacial score (nSPS) is 29.4. The Kier molecular flexibility index (Phi) is 2.33. The van der Waals surface area contributed by atoms with Crippen molar-refractivity contribution in [3.05, 3.63) is 11.8 Å². The number of ether oxygens (including phenoxy) is 3. The lowest BCUT2D eigenvalue weighted by atomic mass is 9.87. The summed E-state index contributed by atoms with van der Waals surface area (Å²) in [5.41, 5.74) is 0. The van der Waals surface area contributed by atoms with Crippen molar-refractivity contribution in [3.63, 3.8) is 0 Å². The molecule has 0 aromatic carbocycles. The summed E-state index contributed by atoms with van der Waals surface area (Å²) in [6.45, 7) is 0.688. The Bertz CT molecular complexity index is 278. The van der Waals surface area contributed by atoms with E-state index in [2.05, 4.69) is 0 Å². The van der Waals surface area contributed by atoms with E-state index >= 15 is 0 Å². The summed E-state index contributed by atoms with van der Waals surface area (Å²) in [5.74, 6) is -0.176. The zero-order valence-corrected chi connectivity index (χ0v) is 8.41. The number of hydrogen-bond donors (Lipinski definition) is 0. The Balaban J connectivity index is 2.29. The molecule has 0 radical (unpaired) electrons. The first-order chi connectivity index (χ1) is 6.72. The molecule has 1 fully saturated rings. The summed E-state index contributed by atoms with van der Waals surface area (Å²) >= 11 is 0. The molecule has 2 rings (SSSR count). The highest BCUT2D eigenvalue weighted by Gasteiger charge is 2.46. The molecule has 1 unspecified atom stereocenters. The van der Waals surface area contributed by atoms with Gasteiger partial charge in [-0.1, -0.05) is 0 Å². The molecule has 0 N–H and O–H groups in total. The number of carbonyl (C=O) groups is 1. The molecule has 1 aliphatic carbocycles. The first kappa shape index (κ1) is 9.68. The number of fused-ring (bicyclic) bond motifs is 1. The van der Waals surface area contributed by atoms with Crippen molar-refractivity contribution in [2.45, 2.75) is 18.6 Å². The summed E-state index contributed by atoms with van der Waals surface area (Å²) in [6.07, 6.45) is 3.01. The van der Waals surface area contributed by atoms with Gasteiger partial charge in [0.25, 0.3) is 0 Å². The Morgan fingerprint density at radius 3 is 2.86 bits per heavy atom. The molecule has 0 spiro atoms. The monoisotopic (exact) mass is 198 g/mol. The minimum atomic E-state index is -1.08. The van der Waals surface area contributed by atoms with Crippen molar-refractivity contribution in [1.29, 1.82) is 0 Å². The fourth-order valence-electron chi connectivity index (χ4n) is 2.06. The Labute approximate surface area is 82.8 Å². The van der Waals surface area contributed by atoms with Crippen molar-refractivity contribution in [2.24, 2.45) is 5.92 Å². The molecule has 1 heterocycles. The van der Waals surface area contributed by atoms with Crippen LogP contribution < -0.4 is 0 Å². The second kappa shape index (κ2) is 3.37. The van der Waals surface area contributed by atoms with Crippen LogP contribution >= 0.6 is 0 Å². The van der Waals surface area contributed by atoms with E-state index in [9.17, 15) is 4.79 Å². The lowest BCUT2D eigenvalue weighted by molar-refractivity contribution is -0.211. The molecule has 4 heteroatoms. The average molecular weight is 198 g/mol. The molecule has 0 saturated carbocycles. The van der Waals surface area contributed by atoms with Gasteiger partial charge in [-0.15, -0.1) is 0 Å². The third kappa shape index (κ3) is 1.26. The molecule has 1 aliphatic heterocycles. The van der Waals surface area contributed by atoms with Crippen LogP contribution in [0.3, 0.4) is 0 Å². The van der Waals surface area contributed by atoms with E-state index in [-0.39, 0.29) is 11.7 Å². The molecule has 1 atom stereocenters. The third-order valence-corrected chi connectivity index (χ3v) is 2.96. The fraction of sp³-hybridized carbons (Fsp3) is 0.700. The molecule has 2 aliphatic rings. The van der Waals surface area contributed by atoms with Gasteiger partial charge in [-0.25, -0.2) is 0 Å². The van der Waals surface area contributed by atoms with Crippen LogP contribution in [0.1, 0.15) is 12.8 Å². The van der Waals surface area contributed by atoms with Crippen LogP contribution in [0.25, 0.3) is 0 Å². The van der Waals surface area contributed by atoms with E-state index in [1.54, 1.807) is 0 Å². The summed E-state index contributed by atoms with van der Waals surface area (Å²) in [4.78, 5) is 11.7. The van der Waals surface area contributed by atoms with Crippen LogP contribution in [0.5, 0.6) is 0 Å². The van der Waals surface area contributed by atoms with E-state index in [4.69, 9.17) is 14.2 Å². The van der Waals surface area contributed by atoms with E-state index < -0.39 is 5.79 Å². The molecule has 14 heavy (non-hydrogen) atoms. The highest BCUT2D eigenvalue weighted by molar-refractivity contribution is 5.97. The maximum absolute atomic E-state index is 11.7. The first-order valence-electron chi connectivity index (χ1n) is 4.71. The number of allylic oxidation sites excluding steroid dienone is 1. The first-order valence-corrected chi connectivity index (χ1v) is 4.71. The van der Waals surface area contributed by atoms with E-state index in [0.717, 1.165) is 12.2 Å². The number of carbonyl (C=O) groups excluding carboxylic acids is 1. The molecule has 78 valence electrons. The highest BCUT2D eigenvalue weighted by atomic mass is 16.7. The SMILES string of the molecule is COC1(OC)CC2CCOC2=CC1=O. The van der Waals surface area contributed by atoms with Gasteiger partial charge >= 0.3 is 0 Å². The van der Waals surface area contributed by atoms with Gasteiger partial charge in [0, 0.05) is 32.6 Å². The summed E-state index contributed by atoms with van der Waals surface area (Å²) in [7, 11) is 2.99. The molecule has 0 aromatic heterocycles. The third-order valence-electron chi connectivity index (χ3n) is 2.96. The minimum Gasteiger partial charge on any atom is -0.497 e. The Morgan fingerprint density at radius 2 is 2.21 bits per heavy atom. The lowest BCUT2D eigenvalue weighted by Crippen LogP contribution is -2.46.